The monoisotopic (exact) mass is 246 g/mol. The van der Waals surface area contributed by atoms with E-state index in [-0.39, 0.29) is 30.3 Å². The SMILES string of the molecule is Cc1cc(NC(=O)C(C)C(C)N)n(C)n1.Cl. The Bertz CT molecular complexity index is 362. The smallest absolute Gasteiger partial charge is 0.229 e. The second-order valence-electron chi connectivity index (χ2n) is 3.93. The van der Waals surface area contributed by atoms with E-state index in [4.69, 9.17) is 5.73 Å². The number of amides is 1. The van der Waals surface area contributed by atoms with Crippen LogP contribution in [0.3, 0.4) is 0 Å². The van der Waals surface area contributed by atoms with Crippen LogP contribution < -0.4 is 11.1 Å². The molecule has 0 aliphatic heterocycles. The average Bonchev–Trinajstić information content (AvgIpc) is 2.43. The number of nitrogens with two attached hydrogens (primary N) is 1. The van der Waals surface area contributed by atoms with Crippen LogP contribution in [0, 0.1) is 12.8 Å². The summed E-state index contributed by atoms with van der Waals surface area (Å²) in [6.07, 6.45) is 0. The summed E-state index contributed by atoms with van der Waals surface area (Å²) < 4.78 is 1.64. The Morgan fingerprint density at radius 2 is 2.12 bits per heavy atom. The maximum absolute atomic E-state index is 11.7. The highest BCUT2D eigenvalue weighted by molar-refractivity contribution is 5.92. The molecule has 0 aliphatic carbocycles. The molecule has 3 N–H and O–H groups in total. The number of halogens is 1. The minimum Gasteiger partial charge on any atom is -0.327 e. The van der Waals surface area contributed by atoms with Crippen molar-refractivity contribution >= 4 is 24.1 Å². The van der Waals surface area contributed by atoms with E-state index in [2.05, 4.69) is 10.4 Å². The fraction of sp³-hybridized carbons (Fsp3) is 0.600. The van der Waals surface area contributed by atoms with Crippen molar-refractivity contribution in [3.8, 4) is 0 Å². The molecule has 0 aromatic carbocycles. The van der Waals surface area contributed by atoms with Gasteiger partial charge in [0.25, 0.3) is 0 Å². The van der Waals surface area contributed by atoms with Gasteiger partial charge < -0.3 is 11.1 Å². The zero-order valence-corrected chi connectivity index (χ0v) is 10.8. The summed E-state index contributed by atoms with van der Waals surface area (Å²) in [5.41, 5.74) is 6.53. The first-order chi connectivity index (χ1) is 6.91. The summed E-state index contributed by atoms with van der Waals surface area (Å²) in [5, 5.41) is 6.93. The molecule has 1 rings (SSSR count). The molecule has 1 aromatic heterocycles. The van der Waals surface area contributed by atoms with Crippen molar-refractivity contribution in [3.05, 3.63) is 11.8 Å². The zero-order valence-electron chi connectivity index (χ0n) is 10.0. The minimum atomic E-state index is -0.208. The Labute approximate surface area is 102 Å². The van der Waals surface area contributed by atoms with Crippen molar-refractivity contribution < 1.29 is 4.79 Å². The van der Waals surface area contributed by atoms with E-state index in [0.717, 1.165) is 5.69 Å². The molecular weight excluding hydrogens is 228 g/mol. The van der Waals surface area contributed by atoms with Gasteiger partial charge in [-0.3, -0.25) is 9.48 Å². The predicted molar refractivity (Wildman–Crippen MR) is 66.6 cm³/mol. The zero-order chi connectivity index (χ0) is 11.6. The van der Waals surface area contributed by atoms with Crippen LogP contribution in [-0.4, -0.2) is 21.7 Å². The number of aryl methyl sites for hydroxylation is 2. The third-order valence-electron chi connectivity index (χ3n) is 2.46. The summed E-state index contributed by atoms with van der Waals surface area (Å²) in [6.45, 7) is 5.51. The number of carbonyl (C=O) groups is 1. The number of anilines is 1. The van der Waals surface area contributed by atoms with Gasteiger partial charge >= 0.3 is 0 Å². The van der Waals surface area contributed by atoms with Crippen LogP contribution in [0.2, 0.25) is 0 Å². The number of aromatic nitrogens is 2. The molecule has 0 radical (unpaired) electrons. The first-order valence-electron chi connectivity index (χ1n) is 4.99. The molecule has 0 saturated heterocycles. The third-order valence-corrected chi connectivity index (χ3v) is 2.46. The van der Waals surface area contributed by atoms with Crippen molar-refractivity contribution in [1.29, 1.82) is 0 Å². The van der Waals surface area contributed by atoms with Gasteiger partial charge in [0.2, 0.25) is 5.91 Å². The van der Waals surface area contributed by atoms with Gasteiger partial charge in [-0.15, -0.1) is 12.4 Å². The lowest BCUT2D eigenvalue weighted by Crippen LogP contribution is -2.34. The Morgan fingerprint density at radius 1 is 1.56 bits per heavy atom. The quantitative estimate of drug-likeness (QED) is 0.838. The Morgan fingerprint density at radius 3 is 2.50 bits per heavy atom. The molecule has 0 aliphatic rings. The van der Waals surface area contributed by atoms with Gasteiger partial charge in [-0.2, -0.15) is 5.10 Å². The molecule has 1 heterocycles. The molecular formula is C10H19ClN4O. The molecule has 2 unspecified atom stereocenters. The second kappa shape index (κ2) is 5.86. The van der Waals surface area contributed by atoms with Gasteiger partial charge in [-0.1, -0.05) is 6.92 Å². The lowest BCUT2D eigenvalue weighted by Gasteiger charge is -2.14. The number of carbonyl (C=O) groups excluding carboxylic acids is 1. The number of nitrogens with one attached hydrogen (secondary N) is 1. The van der Waals surface area contributed by atoms with E-state index in [0.29, 0.717) is 5.82 Å². The number of hydrogen-bond donors (Lipinski definition) is 2. The molecule has 0 saturated carbocycles. The lowest BCUT2D eigenvalue weighted by molar-refractivity contribution is -0.119. The molecule has 92 valence electrons. The van der Waals surface area contributed by atoms with E-state index in [1.807, 2.05) is 26.8 Å². The molecule has 6 heteroatoms. The second-order valence-corrected chi connectivity index (χ2v) is 3.93. The van der Waals surface area contributed by atoms with Gasteiger partial charge in [0.15, 0.2) is 0 Å². The maximum atomic E-state index is 11.7. The van der Waals surface area contributed by atoms with E-state index >= 15 is 0 Å². The molecule has 0 fully saturated rings. The molecule has 0 spiro atoms. The van der Waals surface area contributed by atoms with E-state index in [1.165, 1.54) is 0 Å². The van der Waals surface area contributed by atoms with E-state index in [9.17, 15) is 4.79 Å². The van der Waals surface area contributed by atoms with Crippen molar-refractivity contribution in [2.45, 2.75) is 26.8 Å². The molecule has 0 bridgehead atoms. The normalized spacial score (nSPS) is 13.8. The highest BCUT2D eigenvalue weighted by Gasteiger charge is 2.18. The summed E-state index contributed by atoms with van der Waals surface area (Å²) in [6, 6.07) is 1.67. The Kier molecular flexibility index (Phi) is 5.47. The van der Waals surface area contributed by atoms with Crippen LogP contribution in [0.25, 0.3) is 0 Å². The number of rotatable bonds is 3. The van der Waals surface area contributed by atoms with Crippen LogP contribution in [0.1, 0.15) is 19.5 Å². The van der Waals surface area contributed by atoms with Gasteiger partial charge in [0, 0.05) is 19.2 Å². The standard InChI is InChI=1S/C10H18N4O.ClH/c1-6-5-9(14(4)13-6)12-10(15)7(2)8(3)11;/h5,7-8H,11H2,1-4H3,(H,12,15);1H. The van der Waals surface area contributed by atoms with Crippen molar-refractivity contribution in [2.75, 3.05) is 5.32 Å². The molecule has 1 amide bonds. The fourth-order valence-corrected chi connectivity index (χ4v) is 1.21. The first-order valence-corrected chi connectivity index (χ1v) is 4.99. The molecule has 1 aromatic rings. The Hall–Kier alpha value is -1.07. The lowest BCUT2D eigenvalue weighted by atomic mass is 10.0. The van der Waals surface area contributed by atoms with Gasteiger partial charge in [-0.05, 0) is 13.8 Å². The summed E-state index contributed by atoms with van der Waals surface area (Å²) in [7, 11) is 1.79. The van der Waals surface area contributed by atoms with Crippen LogP contribution in [0.4, 0.5) is 5.82 Å². The van der Waals surface area contributed by atoms with Gasteiger partial charge in [-0.25, -0.2) is 0 Å². The summed E-state index contributed by atoms with van der Waals surface area (Å²) in [5.74, 6) is 0.415. The van der Waals surface area contributed by atoms with Crippen molar-refractivity contribution in [1.82, 2.24) is 9.78 Å². The highest BCUT2D eigenvalue weighted by atomic mass is 35.5. The minimum absolute atomic E-state index is 0. The average molecular weight is 247 g/mol. The third kappa shape index (κ3) is 3.50. The maximum Gasteiger partial charge on any atom is 0.229 e. The molecule has 5 nitrogen and oxygen atoms in total. The predicted octanol–water partition coefficient (Wildman–Crippen LogP) is 1.07. The highest BCUT2D eigenvalue weighted by Crippen LogP contribution is 2.10. The fourth-order valence-electron chi connectivity index (χ4n) is 1.21. The van der Waals surface area contributed by atoms with Crippen molar-refractivity contribution in [2.24, 2.45) is 18.7 Å². The largest absolute Gasteiger partial charge is 0.327 e. The number of hydrogen-bond acceptors (Lipinski definition) is 3. The molecule has 2 atom stereocenters. The van der Waals surface area contributed by atoms with Gasteiger partial charge in [0.1, 0.15) is 5.82 Å². The summed E-state index contributed by atoms with van der Waals surface area (Å²) in [4.78, 5) is 11.7. The van der Waals surface area contributed by atoms with Crippen LogP contribution in [0.15, 0.2) is 6.07 Å². The summed E-state index contributed by atoms with van der Waals surface area (Å²) >= 11 is 0. The Balaban J connectivity index is 0.00000225. The van der Waals surface area contributed by atoms with Crippen LogP contribution >= 0.6 is 12.4 Å². The topological polar surface area (TPSA) is 72.9 Å². The van der Waals surface area contributed by atoms with Crippen LogP contribution in [-0.2, 0) is 11.8 Å². The van der Waals surface area contributed by atoms with E-state index in [1.54, 1.807) is 11.7 Å². The van der Waals surface area contributed by atoms with Crippen LogP contribution in [0.5, 0.6) is 0 Å². The van der Waals surface area contributed by atoms with E-state index < -0.39 is 0 Å². The molecule has 16 heavy (non-hydrogen) atoms. The number of nitrogens with zero attached hydrogens (tertiary/aromatic N) is 2. The van der Waals surface area contributed by atoms with Crippen molar-refractivity contribution in [3.63, 3.8) is 0 Å². The van der Waals surface area contributed by atoms with Gasteiger partial charge in [0.05, 0.1) is 11.6 Å². The first kappa shape index (κ1) is 14.9.